The number of benzene rings is 1. The van der Waals surface area contributed by atoms with Gasteiger partial charge in [-0.15, -0.1) is 12.4 Å². The topological polar surface area (TPSA) is 52.3 Å². The SMILES string of the molecule is COC(=O)[C@@H](N)C=Cc1ccccc1.Cl. The fraction of sp³-hybridized carbons (Fsp3) is 0.182. The van der Waals surface area contributed by atoms with Crippen molar-refractivity contribution in [2.45, 2.75) is 6.04 Å². The van der Waals surface area contributed by atoms with Crippen molar-refractivity contribution in [3.63, 3.8) is 0 Å². The molecule has 3 nitrogen and oxygen atoms in total. The molecule has 0 saturated heterocycles. The van der Waals surface area contributed by atoms with Crippen molar-refractivity contribution in [1.29, 1.82) is 0 Å². The van der Waals surface area contributed by atoms with Gasteiger partial charge in [-0.3, -0.25) is 4.79 Å². The molecule has 82 valence electrons. The van der Waals surface area contributed by atoms with Crippen LogP contribution in [0.15, 0.2) is 36.4 Å². The summed E-state index contributed by atoms with van der Waals surface area (Å²) in [5, 5.41) is 0. The highest BCUT2D eigenvalue weighted by Gasteiger charge is 2.08. The van der Waals surface area contributed by atoms with E-state index in [1.54, 1.807) is 12.2 Å². The third-order valence-corrected chi connectivity index (χ3v) is 1.77. The second-order valence-corrected chi connectivity index (χ2v) is 2.82. The van der Waals surface area contributed by atoms with Gasteiger partial charge in [0.1, 0.15) is 6.04 Å². The van der Waals surface area contributed by atoms with Gasteiger partial charge in [0.25, 0.3) is 0 Å². The molecule has 0 aliphatic heterocycles. The molecule has 0 bridgehead atoms. The summed E-state index contributed by atoms with van der Waals surface area (Å²) in [6.45, 7) is 0. The van der Waals surface area contributed by atoms with E-state index in [9.17, 15) is 4.79 Å². The summed E-state index contributed by atoms with van der Waals surface area (Å²) in [6.07, 6.45) is 3.41. The Kier molecular flexibility index (Phi) is 6.42. The smallest absolute Gasteiger partial charge is 0.326 e. The summed E-state index contributed by atoms with van der Waals surface area (Å²) in [5.41, 5.74) is 6.52. The molecule has 0 saturated carbocycles. The van der Waals surface area contributed by atoms with Crippen LogP contribution >= 0.6 is 12.4 Å². The fourth-order valence-corrected chi connectivity index (χ4v) is 0.994. The number of hydrogen-bond donors (Lipinski definition) is 1. The van der Waals surface area contributed by atoms with E-state index >= 15 is 0 Å². The average molecular weight is 228 g/mol. The van der Waals surface area contributed by atoms with E-state index in [1.165, 1.54) is 7.11 Å². The maximum Gasteiger partial charge on any atom is 0.326 e. The molecule has 1 aromatic carbocycles. The minimum atomic E-state index is -0.694. The minimum absolute atomic E-state index is 0. The molecule has 2 N–H and O–H groups in total. The highest BCUT2D eigenvalue weighted by Crippen LogP contribution is 2.01. The summed E-state index contributed by atoms with van der Waals surface area (Å²) in [7, 11) is 1.32. The molecule has 0 aliphatic rings. The number of esters is 1. The molecule has 0 radical (unpaired) electrons. The summed E-state index contributed by atoms with van der Waals surface area (Å²) >= 11 is 0. The van der Waals surface area contributed by atoms with Gasteiger partial charge in [0.2, 0.25) is 0 Å². The van der Waals surface area contributed by atoms with Crippen molar-refractivity contribution in [2.24, 2.45) is 5.73 Å². The van der Waals surface area contributed by atoms with E-state index in [1.807, 2.05) is 30.3 Å². The van der Waals surface area contributed by atoms with Crippen LogP contribution in [0.4, 0.5) is 0 Å². The third-order valence-electron chi connectivity index (χ3n) is 1.77. The van der Waals surface area contributed by atoms with Gasteiger partial charge in [0.05, 0.1) is 7.11 Å². The largest absolute Gasteiger partial charge is 0.468 e. The second kappa shape index (κ2) is 7.04. The normalized spacial score (nSPS) is 11.9. The fourth-order valence-electron chi connectivity index (χ4n) is 0.994. The zero-order valence-corrected chi connectivity index (χ0v) is 9.24. The zero-order valence-electron chi connectivity index (χ0n) is 8.42. The number of halogens is 1. The Labute approximate surface area is 95.3 Å². The third kappa shape index (κ3) is 4.63. The van der Waals surface area contributed by atoms with E-state index in [4.69, 9.17) is 5.73 Å². The lowest BCUT2D eigenvalue weighted by Crippen LogP contribution is -2.28. The molecule has 15 heavy (non-hydrogen) atoms. The number of carbonyl (C=O) groups is 1. The molecule has 0 fully saturated rings. The average Bonchev–Trinajstić information content (AvgIpc) is 2.26. The molecule has 4 heteroatoms. The summed E-state index contributed by atoms with van der Waals surface area (Å²) in [5.74, 6) is -0.433. The maximum absolute atomic E-state index is 10.9. The van der Waals surface area contributed by atoms with Gasteiger partial charge in [0, 0.05) is 0 Å². The molecule has 1 rings (SSSR count). The van der Waals surface area contributed by atoms with Gasteiger partial charge >= 0.3 is 5.97 Å². The molecule has 0 amide bonds. The molecule has 0 unspecified atom stereocenters. The van der Waals surface area contributed by atoms with Crippen molar-refractivity contribution >= 4 is 24.5 Å². The van der Waals surface area contributed by atoms with Crippen molar-refractivity contribution in [3.8, 4) is 0 Å². The molecule has 0 aliphatic carbocycles. The molecular formula is C11H14ClNO2. The van der Waals surface area contributed by atoms with Crippen molar-refractivity contribution < 1.29 is 9.53 Å². The van der Waals surface area contributed by atoms with Crippen LogP contribution in [-0.4, -0.2) is 19.1 Å². The first-order valence-corrected chi connectivity index (χ1v) is 4.30. The Hall–Kier alpha value is -1.32. The van der Waals surface area contributed by atoms with Crippen molar-refractivity contribution in [3.05, 3.63) is 42.0 Å². The Morgan fingerprint density at radius 1 is 1.40 bits per heavy atom. The standard InChI is InChI=1S/C11H13NO2.ClH/c1-14-11(13)10(12)8-7-9-5-3-2-4-6-9;/h2-8,10H,12H2,1H3;1H/t10-;/m0./s1. The highest BCUT2D eigenvalue weighted by molar-refractivity contribution is 5.85. The quantitative estimate of drug-likeness (QED) is 0.799. The molecule has 1 aromatic rings. The lowest BCUT2D eigenvalue weighted by atomic mass is 10.2. The number of ether oxygens (including phenoxy) is 1. The predicted molar refractivity (Wildman–Crippen MR) is 62.7 cm³/mol. The first-order valence-electron chi connectivity index (χ1n) is 4.30. The summed E-state index contributed by atoms with van der Waals surface area (Å²) < 4.78 is 4.49. The molecular weight excluding hydrogens is 214 g/mol. The number of nitrogens with two attached hydrogens (primary N) is 1. The van der Waals surface area contributed by atoms with Crippen LogP contribution in [0.2, 0.25) is 0 Å². The van der Waals surface area contributed by atoms with E-state index in [-0.39, 0.29) is 12.4 Å². The van der Waals surface area contributed by atoms with Gasteiger partial charge < -0.3 is 10.5 Å². The summed E-state index contributed by atoms with van der Waals surface area (Å²) in [6, 6.07) is 8.94. The first kappa shape index (κ1) is 13.7. The second-order valence-electron chi connectivity index (χ2n) is 2.82. The number of hydrogen-bond acceptors (Lipinski definition) is 3. The lowest BCUT2D eigenvalue weighted by molar-refractivity contribution is -0.140. The Morgan fingerprint density at radius 2 is 2.00 bits per heavy atom. The number of rotatable bonds is 3. The molecule has 0 heterocycles. The molecule has 0 aromatic heterocycles. The van der Waals surface area contributed by atoms with Gasteiger partial charge in [-0.25, -0.2) is 0 Å². The maximum atomic E-state index is 10.9. The highest BCUT2D eigenvalue weighted by atomic mass is 35.5. The zero-order chi connectivity index (χ0) is 10.4. The van der Waals surface area contributed by atoms with Crippen LogP contribution in [0, 0.1) is 0 Å². The van der Waals surface area contributed by atoms with Crippen LogP contribution < -0.4 is 5.73 Å². The first-order chi connectivity index (χ1) is 6.74. The van der Waals surface area contributed by atoms with Crippen LogP contribution in [0.25, 0.3) is 6.08 Å². The lowest BCUT2D eigenvalue weighted by Gasteiger charge is -2.02. The van der Waals surface area contributed by atoms with E-state index in [0.29, 0.717) is 0 Å². The predicted octanol–water partition coefficient (Wildman–Crippen LogP) is 1.62. The summed E-state index contributed by atoms with van der Waals surface area (Å²) in [4.78, 5) is 10.9. The van der Waals surface area contributed by atoms with Gasteiger partial charge in [-0.1, -0.05) is 42.5 Å². The van der Waals surface area contributed by atoms with E-state index in [2.05, 4.69) is 4.74 Å². The van der Waals surface area contributed by atoms with Crippen LogP contribution in [-0.2, 0) is 9.53 Å². The monoisotopic (exact) mass is 227 g/mol. The van der Waals surface area contributed by atoms with Crippen LogP contribution in [0.5, 0.6) is 0 Å². The Bertz CT molecular complexity index is 325. The number of methoxy groups -OCH3 is 1. The van der Waals surface area contributed by atoms with E-state index in [0.717, 1.165) is 5.56 Å². The van der Waals surface area contributed by atoms with Gasteiger partial charge in [-0.05, 0) is 5.56 Å². The van der Waals surface area contributed by atoms with E-state index < -0.39 is 12.0 Å². The van der Waals surface area contributed by atoms with Gasteiger partial charge in [-0.2, -0.15) is 0 Å². The minimum Gasteiger partial charge on any atom is -0.468 e. The Balaban J connectivity index is 0.00000196. The number of carbonyl (C=O) groups excluding carboxylic acids is 1. The molecule has 0 spiro atoms. The van der Waals surface area contributed by atoms with Crippen LogP contribution in [0.1, 0.15) is 5.56 Å². The van der Waals surface area contributed by atoms with Crippen LogP contribution in [0.3, 0.4) is 0 Å². The van der Waals surface area contributed by atoms with Gasteiger partial charge in [0.15, 0.2) is 0 Å². The van der Waals surface area contributed by atoms with Crippen molar-refractivity contribution in [2.75, 3.05) is 7.11 Å². The Morgan fingerprint density at radius 3 is 2.53 bits per heavy atom. The van der Waals surface area contributed by atoms with Crippen molar-refractivity contribution in [1.82, 2.24) is 0 Å². The molecule has 1 atom stereocenters.